The van der Waals surface area contributed by atoms with Gasteiger partial charge in [-0.25, -0.2) is 0 Å². The summed E-state index contributed by atoms with van der Waals surface area (Å²) in [4.78, 5) is 6.84. The molecular weight excluding hydrogens is 284 g/mol. The molecule has 1 saturated heterocycles. The summed E-state index contributed by atoms with van der Waals surface area (Å²) in [7, 11) is 1.85. The van der Waals surface area contributed by atoms with Gasteiger partial charge in [-0.15, -0.1) is 0 Å². The van der Waals surface area contributed by atoms with Gasteiger partial charge in [-0.1, -0.05) is 25.0 Å². The van der Waals surface area contributed by atoms with E-state index in [0.29, 0.717) is 0 Å². The van der Waals surface area contributed by atoms with Crippen LogP contribution in [0, 0.1) is 5.92 Å². The van der Waals surface area contributed by atoms with Crippen molar-refractivity contribution in [3.63, 3.8) is 0 Å². The first-order valence-electron chi connectivity index (χ1n) is 9.08. The van der Waals surface area contributed by atoms with Crippen molar-refractivity contribution < 1.29 is 0 Å². The molecule has 0 amide bonds. The molecule has 1 heterocycles. The Kier molecular flexibility index (Phi) is 5.42. The minimum atomic E-state index is 0.254. The van der Waals surface area contributed by atoms with E-state index in [9.17, 15) is 0 Å². The van der Waals surface area contributed by atoms with Gasteiger partial charge in [0.2, 0.25) is 0 Å². The standard InChI is InChI=1S/C19H30N4/c1-15(22-19(20-2)21-11-10-16-8-9-16)17-6-5-7-18(14-17)23-12-3-4-13-23/h5-7,14-16H,3-4,8-13H2,1-2H3,(H2,20,21,22). The highest BCUT2D eigenvalue weighted by Gasteiger charge is 2.20. The molecule has 1 aromatic rings. The summed E-state index contributed by atoms with van der Waals surface area (Å²) in [5.41, 5.74) is 2.67. The fraction of sp³-hybridized carbons (Fsp3) is 0.632. The first-order valence-corrected chi connectivity index (χ1v) is 9.08. The number of anilines is 1. The molecule has 4 nitrogen and oxygen atoms in total. The van der Waals surface area contributed by atoms with Crippen LogP contribution in [0.5, 0.6) is 0 Å². The third-order valence-electron chi connectivity index (χ3n) is 4.96. The third-order valence-corrected chi connectivity index (χ3v) is 4.96. The highest BCUT2D eigenvalue weighted by atomic mass is 15.2. The predicted octanol–water partition coefficient (Wildman–Crippen LogP) is 3.31. The van der Waals surface area contributed by atoms with Crippen molar-refractivity contribution in [3.05, 3.63) is 29.8 Å². The number of hydrogen-bond donors (Lipinski definition) is 2. The summed E-state index contributed by atoms with van der Waals surface area (Å²) in [6.07, 6.45) is 6.71. The molecule has 0 aromatic heterocycles. The second kappa shape index (κ2) is 7.71. The van der Waals surface area contributed by atoms with Gasteiger partial charge in [-0.05, 0) is 49.8 Å². The van der Waals surface area contributed by atoms with E-state index < -0.39 is 0 Å². The van der Waals surface area contributed by atoms with Crippen molar-refractivity contribution in [3.8, 4) is 0 Å². The van der Waals surface area contributed by atoms with Crippen LogP contribution in [0.1, 0.15) is 50.6 Å². The summed E-state index contributed by atoms with van der Waals surface area (Å²) >= 11 is 0. The zero-order chi connectivity index (χ0) is 16.1. The number of rotatable bonds is 6. The van der Waals surface area contributed by atoms with Gasteiger partial charge in [-0.3, -0.25) is 4.99 Å². The molecule has 0 radical (unpaired) electrons. The average Bonchev–Trinajstić information content (AvgIpc) is 3.24. The van der Waals surface area contributed by atoms with Crippen LogP contribution >= 0.6 is 0 Å². The Labute approximate surface area is 140 Å². The first-order chi connectivity index (χ1) is 11.3. The largest absolute Gasteiger partial charge is 0.372 e. The summed E-state index contributed by atoms with van der Waals surface area (Å²) in [6, 6.07) is 9.17. The first kappa shape index (κ1) is 16.2. The maximum absolute atomic E-state index is 4.35. The van der Waals surface area contributed by atoms with Crippen LogP contribution in [0.25, 0.3) is 0 Å². The zero-order valence-electron chi connectivity index (χ0n) is 14.5. The van der Waals surface area contributed by atoms with E-state index in [1.807, 2.05) is 7.05 Å². The van der Waals surface area contributed by atoms with Crippen molar-refractivity contribution in [2.24, 2.45) is 10.9 Å². The molecule has 0 spiro atoms. The molecule has 2 aliphatic rings. The number of aliphatic imine (C=N–C) groups is 1. The van der Waals surface area contributed by atoms with Crippen LogP contribution in [-0.2, 0) is 0 Å². The molecule has 2 fully saturated rings. The van der Waals surface area contributed by atoms with Crippen molar-refractivity contribution >= 4 is 11.6 Å². The molecule has 0 bridgehead atoms. The maximum Gasteiger partial charge on any atom is 0.191 e. The molecule has 1 saturated carbocycles. The lowest BCUT2D eigenvalue weighted by Gasteiger charge is -2.22. The summed E-state index contributed by atoms with van der Waals surface area (Å²) in [5, 5.41) is 6.95. The van der Waals surface area contributed by atoms with Crippen molar-refractivity contribution in [2.45, 2.75) is 45.1 Å². The number of nitrogens with one attached hydrogen (secondary N) is 2. The molecule has 4 heteroatoms. The van der Waals surface area contributed by atoms with Gasteiger partial charge in [-0.2, -0.15) is 0 Å². The second-order valence-corrected chi connectivity index (χ2v) is 6.89. The number of benzene rings is 1. The van der Waals surface area contributed by atoms with Gasteiger partial charge >= 0.3 is 0 Å². The van der Waals surface area contributed by atoms with E-state index in [2.05, 4.69) is 51.7 Å². The van der Waals surface area contributed by atoms with E-state index in [1.54, 1.807) is 0 Å². The molecule has 23 heavy (non-hydrogen) atoms. The van der Waals surface area contributed by atoms with Crippen molar-refractivity contribution in [1.82, 2.24) is 10.6 Å². The normalized spacial score (nSPS) is 19.7. The Hall–Kier alpha value is -1.71. The second-order valence-electron chi connectivity index (χ2n) is 6.89. The zero-order valence-corrected chi connectivity index (χ0v) is 14.5. The molecule has 1 aliphatic heterocycles. The van der Waals surface area contributed by atoms with Crippen LogP contribution in [0.2, 0.25) is 0 Å². The van der Waals surface area contributed by atoms with Gasteiger partial charge in [0.05, 0.1) is 6.04 Å². The molecule has 2 N–H and O–H groups in total. The lowest BCUT2D eigenvalue weighted by molar-refractivity contribution is 0.653. The highest BCUT2D eigenvalue weighted by Crippen LogP contribution is 2.31. The monoisotopic (exact) mass is 314 g/mol. The molecule has 126 valence electrons. The SMILES string of the molecule is CN=C(NCCC1CC1)NC(C)c1cccc(N2CCCC2)c1. The summed E-state index contributed by atoms with van der Waals surface area (Å²) < 4.78 is 0. The smallest absolute Gasteiger partial charge is 0.191 e. The lowest BCUT2D eigenvalue weighted by Crippen LogP contribution is -2.39. The summed E-state index contributed by atoms with van der Waals surface area (Å²) in [5.74, 6) is 1.86. The maximum atomic E-state index is 4.35. The van der Waals surface area contributed by atoms with Gasteiger partial charge in [0, 0.05) is 32.4 Å². The Bertz CT molecular complexity index is 530. The van der Waals surface area contributed by atoms with Crippen LogP contribution in [0.4, 0.5) is 5.69 Å². The van der Waals surface area contributed by atoms with E-state index >= 15 is 0 Å². The topological polar surface area (TPSA) is 39.7 Å². The fourth-order valence-corrected chi connectivity index (χ4v) is 3.25. The molecule has 1 aromatic carbocycles. The van der Waals surface area contributed by atoms with Crippen LogP contribution < -0.4 is 15.5 Å². The highest BCUT2D eigenvalue weighted by molar-refractivity contribution is 5.80. The number of nitrogens with zero attached hydrogens (tertiary/aromatic N) is 2. The van der Waals surface area contributed by atoms with Gasteiger partial charge < -0.3 is 15.5 Å². The number of guanidine groups is 1. The molecule has 1 atom stereocenters. The Morgan fingerprint density at radius 1 is 1.30 bits per heavy atom. The Morgan fingerprint density at radius 3 is 2.78 bits per heavy atom. The molecular formula is C19H30N4. The predicted molar refractivity (Wildman–Crippen MR) is 98.1 cm³/mol. The third kappa shape index (κ3) is 4.63. The van der Waals surface area contributed by atoms with Crippen molar-refractivity contribution in [1.29, 1.82) is 0 Å². The van der Waals surface area contributed by atoms with Gasteiger partial charge in [0.1, 0.15) is 0 Å². The lowest BCUT2D eigenvalue weighted by atomic mass is 10.1. The Balaban J connectivity index is 1.55. The minimum Gasteiger partial charge on any atom is -0.372 e. The van der Waals surface area contributed by atoms with E-state index in [4.69, 9.17) is 0 Å². The average molecular weight is 314 g/mol. The molecule has 1 unspecified atom stereocenters. The van der Waals surface area contributed by atoms with E-state index in [0.717, 1.165) is 18.4 Å². The Morgan fingerprint density at radius 2 is 2.09 bits per heavy atom. The van der Waals surface area contributed by atoms with Gasteiger partial charge in [0.15, 0.2) is 5.96 Å². The van der Waals surface area contributed by atoms with Gasteiger partial charge in [0.25, 0.3) is 0 Å². The van der Waals surface area contributed by atoms with E-state index in [-0.39, 0.29) is 6.04 Å². The quantitative estimate of drug-likeness (QED) is 0.625. The van der Waals surface area contributed by atoms with Crippen LogP contribution in [0.3, 0.4) is 0 Å². The van der Waals surface area contributed by atoms with Crippen LogP contribution in [-0.4, -0.2) is 32.6 Å². The van der Waals surface area contributed by atoms with E-state index in [1.165, 1.54) is 56.4 Å². The fourth-order valence-electron chi connectivity index (χ4n) is 3.25. The molecule has 1 aliphatic carbocycles. The van der Waals surface area contributed by atoms with Crippen LogP contribution in [0.15, 0.2) is 29.3 Å². The summed E-state index contributed by atoms with van der Waals surface area (Å²) in [6.45, 7) is 5.60. The minimum absolute atomic E-state index is 0.254. The van der Waals surface area contributed by atoms with Crippen molar-refractivity contribution in [2.75, 3.05) is 31.6 Å². The molecule has 3 rings (SSSR count). The number of hydrogen-bond acceptors (Lipinski definition) is 2.